The third-order valence-corrected chi connectivity index (χ3v) is 4.32. The van der Waals surface area contributed by atoms with Gasteiger partial charge in [-0.3, -0.25) is 0 Å². The van der Waals surface area contributed by atoms with Crippen molar-refractivity contribution in [2.75, 3.05) is 20.8 Å². The summed E-state index contributed by atoms with van der Waals surface area (Å²) >= 11 is 6.58. The molecule has 1 saturated carbocycles. The summed E-state index contributed by atoms with van der Waals surface area (Å²) in [5.41, 5.74) is 1.01. The maximum absolute atomic E-state index is 6.58. The molecule has 0 radical (unpaired) electrons. The Kier molecular flexibility index (Phi) is 5.55. The molecule has 0 amide bonds. The second-order valence-corrected chi connectivity index (χ2v) is 5.75. The van der Waals surface area contributed by atoms with Gasteiger partial charge in [0.15, 0.2) is 0 Å². The number of hydrogen-bond donors (Lipinski definition) is 0. The zero-order valence-corrected chi connectivity index (χ0v) is 13.2. The highest BCUT2D eigenvalue weighted by Gasteiger charge is 2.32. The van der Waals surface area contributed by atoms with E-state index in [0.29, 0.717) is 12.0 Å². The molecule has 1 aliphatic rings. The summed E-state index contributed by atoms with van der Waals surface area (Å²) in [6.45, 7) is 2.84. The van der Waals surface area contributed by atoms with E-state index < -0.39 is 0 Å². The molecule has 0 aromatic heterocycles. The molecule has 0 bridgehead atoms. The average molecular weight is 299 g/mol. The number of hydrogen-bond acceptors (Lipinski definition) is 3. The average Bonchev–Trinajstić information content (AvgIpc) is 2.44. The lowest BCUT2D eigenvalue weighted by Gasteiger charge is -2.36. The Hall–Kier alpha value is -0.930. The molecule has 1 aromatic carbocycles. The Balaban J connectivity index is 1.96. The molecule has 0 aliphatic heterocycles. The van der Waals surface area contributed by atoms with E-state index in [9.17, 15) is 0 Å². The van der Waals surface area contributed by atoms with Crippen LogP contribution in [0.25, 0.3) is 0 Å². The van der Waals surface area contributed by atoms with Gasteiger partial charge >= 0.3 is 0 Å². The van der Waals surface area contributed by atoms with Crippen LogP contribution in [0.4, 0.5) is 0 Å². The van der Waals surface area contributed by atoms with Gasteiger partial charge in [-0.05, 0) is 50.3 Å². The minimum atomic E-state index is -0.0485. The van der Waals surface area contributed by atoms with Crippen LogP contribution in [0.15, 0.2) is 18.2 Å². The predicted molar refractivity (Wildman–Crippen MR) is 80.9 cm³/mol. The Morgan fingerprint density at radius 2 is 2.00 bits per heavy atom. The van der Waals surface area contributed by atoms with Crippen molar-refractivity contribution in [2.24, 2.45) is 5.92 Å². The number of rotatable bonds is 7. The standard InChI is InChI=1S/C16H23ClO3/c1-4-20-13-7-11(8-13)9-15(17)14-10-12(18-2)5-6-16(14)19-3/h5-6,10-11,13,15H,4,7-9H2,1-3H3. The Morgan fingerprint density at radius 1 is 1.25 bits per heavy atom. The van der Waals surface area contributed by atoms with E-state index in [2.05, 4.69) is 0 Å². The summed E-state index contributed by atoms with van der Waals surface area (Å²) < 4.78 is 16.2. The normalized spacial score (nSPS) is 23.0. The fourth-order valence-electron chi connectivity index (χ4n) is 2.74. The zero-order valence-electron chi connectivity index (χ0n) is 12.4. The number of methoxy groups -OCH3 is 2. The van der Waals surface area contributed by atoms with E-state index in [-0.39, 0.29) is 5.38 Å². The van der Waals surface area contributed by atoms with Crippen molar-refractivity contribution < 1.29 is 14.2 Å². The largest absolute Gasteiger partial charge is 0.497 e. The number of benzene rings is 1. The second kappa shape index (κ2) is 7.19. The monoisotopic (exact) mass is 298 g/mol. The maximum atomic E-state index is 6.58. The Morgan fingerprint density at radius 3 is 2.60 bits per heavy atom. The van der Waals surface area contributed by atoms with Crippen LogP contribution in [0.1, 0.15) is 37.1 Å². The maximum Gasteiger partial charge on any atom is 0.123 e. The molecule has 3 nitrogen and oxygen atoms in total. The smallest absolute Gasteiger partial charge is 0.123 e. The molecule has 2 rings (SSSR count). The highest BCUT2D eigenvalue weighted by Crippen LogP contribution is 2.42. The summed E-state index contributed by atoms with van der Waals surface area (Å²) in [6, 6.07) is 5.77. The van der Waals surface area contributed by atoms with Gasteiger partial charge < -0.3 is 14.2 Å². The summed E-state index contributed by atoms with van der Waals surface area (Å²) in [6.07, 6.45) is 3.61. The van der Waals surface area contributed by atoms with Crippen LogP contribution in [0.2, 0.25) is 0 Å². The lowest BCUT2D eigenvalue weighted by atomic mass is 9.78. The van der Waals surface area contributed by atoms with E-state index in [1.807, 2.05) is 25.1 Å². The zero-order chi connectivity index (χ0) is 14.5. The Bertz CT molecular complexity index is 430. The lowest BCUT2D eigenvalue weighted by Crippen LogP contribution is -2.31. The molecule has 4 heteroatoms. The second-order valence-electron chi connectivity index (χ2n) is 5.23. The molecule has 0 saturated heterocycles. The highest BCUT2D eigenvalue weighted by molar-refractivity contribution is 6.21. The molecule has 1 unspecified atom stereocenters. The van der Waals surface area contributed by atoms with Gasteiger partial charge in [-0.15, -0.1) is 11.6 Å². The molecule has 112 valence electrons. The highest BCUT2D eigenvalue weighted by atomic mass is 35.5. The van der Waals surface area contributed by atoms with Gasteiger partial charge in [-0.2, -0.15) is 0 Å². The van der Waals surface area contributed by atoms with Crippen LogP contribution in [0, 0.1) is 5.92 Å². The summed E-state index contributed by atoms with van der Waals surface area (Å²) in [7, 11) is 3.33. The van der Waals surface area contributed by atoms with Crippen molar-refractivity contribution in [1.82, 2.24) is 0 Å². The third kappa shape index (κ3) is 3.58. The van der Waals surface area contributed by atoms with Crippen LogP contribution >= 0.6 is 11.6 Å². The lowest BCUT2D eigenvalue weighted by molar-refractivity contribution is -0.0267. The first-order chi connectivity index (χ1) is 9.67. The summed E-state index contributed by atoms with van der Waals surface area (Å²) in [5.74, 6) is 2.28. The van der Waals surface area contributed by atoms with E-state index in [0.717, 1.165) is 42.9 Å². The first-order valence-electron chi connectivity index (χ1n) is 7.15. The van der Waals surface area contributed by atoms with Crippen LogP contribution < -0.4 is 9.47 Å². The molecule has 0 N–H and O–H groups in total. The van der Waals surface area contributed by atoms with Gasteiger partial charge in [0.1, 0.15) is 11.5 Å². The van der Waals surface area contributed by atoms with E-state index in [1.54, 1.807) is 14.2 Å². The molecular formula is C16H23ClO3. The molecule has 1 atom stereocenters. The van der Waals surface area contributed by atoms with Crippen LogP contribution in [0.3, 0.4) is 0 Å². The Labute approximate surface area is 126 Å². The SMILES string of the molecule is CCOC1CC(CC(Cl)c2cc(OC)ccc2OC)C1. The fourth-order valence-corrected chi connectivity index (χ4v) is 3.17. The van der Waals surface area contributed by atoms with Crippen molar-refractivity contribution in [2.45, 2.75) is 37.7 Å². The minimum Gasteiger partial charge on any atom is -0.497 e. The molecular weight excluding hydrogens is 276 g/mol. The number of halogens is 1. The van der Waals surface area contributed by atoms with E-state index in [4.69, 9.17) is 25.8 Å². The first-order valence-corrected chi connectivity index (χ1v) is 7.59. The summed E-state index contributed by atoms with van der Waals surface area (Å²) in [5, 5.41) is -0.0485. The third-order valence-electron chi connectivity index (χ3n) is 3.91. The minimum absolute atomic E-state index is 0.0485. The molecule has 0 heterocycles. The van der Waals surface area contributed by atoms with E-state index >= 15 is 0 Å². The quantitative estimate of drug-likeness (QED) is 0.707. The van der Waals surface area contributed by atoms with Gasteiger partial charge in [0.25, 0.3) is 0 Å². The number of ether oxygens (including phenoxy) is 3. The molecule has 0 spiro atoms. The van der Waals surface area contributed by atoms with Crippen molar-refractivity contribution in [3.63, 3.8) is 0 Å². The van der Waals surface area contributed by atoms with Gasteiger partial charge in [0, 0.05) is 12.2 Å². The van der Waals surface area contributed by atoms with Crippen molar-refractivity contribution in [3.05, 3.63) is 23.8 Å². The van der Waals surface area contributed by atoms with Crippen LogP contribution in [-0.4, -0.2) is 26.9 Å². The molecule has 20 heavy (non-hydrogen) atoms. The van der Waals surface area contributed by atoms with Crippen molar-refractivity contribution in [3.8, 4) is 11.5 Å². The van der Waals surface area contributed by atoms with Gasteiger partial charge in [0.2, 0.25) is 0 Å². The van der Waals surface area contributed by atoms with Crippen molar-refractivity contribution >= 4 is 11.6 Å². The van der Waals surface area contributed by atoms with Gasteiger partial charge in [0.05, 0.1) is 25.7 Å². The fraction of sp³-hybridized carbons (Fsp3) is 0.625. The summed E-state index contributed by atoms with van der Waals surface area (Å²) in [4.78, 5) is 0. The predicted octanol–water partition coefficient (Wildman–Crippen LogP) is 4.19. The molecule has 1 fully saturated rings. The molecule has 1 aromatic rings. The first kappa shape index (κ1) is 15.5. The van der Waals surface area contributed by atoms with E-state index in [1.165, 1.54) is 0 Å². The number of alkyl halides is 1. The topological polar surface area (TPSA) is 27.7 Å². The van der Waals surface area contributed by atoms with Crippen molar-refractivity contribution in [1.29, 1.82) is 0 Å². The van der Waals surface area contributed by atoms with Crippen LogP contribution in [-0.2, 0) is 4.74 Å². The molecule has 1 aliphatic carbocycles. The van der Waals surface area contributed by atoms with Gasteiger partial charge in [-0.25, -0.2) is 0 Å². The van der Waals surface area contributed by atoms with Gasteiger partial charge in [-0.1, -0.05) is 0 Å². The van der Waals surface area contributed by atoms with Crippen LogP contribution in [0.5, 0.6) is 11.5 Å².